The number of nitrogens with one attached hydrogen (secondary N) is 2. The van der Waals surface area contributed by atoms with Crippen LogP contribution in [0.2, 0.25) is 0 Å². The number of amides is 1. The minimum absolute atomic E-state index is 0.178. The maximum Gasteiger partial charge on any atom is 0.332 e. The molecule has 0 saturated heterocycles. The van der Waals surface area contributed by atoms with Crippen molar-refractivity contribution >= 4 is 22.5 Å². The summed E-state index contributed by atoms with van der Waals surface area (Å²) in [7, 11) is 2.87. The molecule has 0 aliphatic rings. The van der Waals surface area contributed by atoms with Crippen molar-refractivity contribution in [3.63, 3.8) is 0 Å². The Morgan fingerprint density at radius 2 is 1.73 bits per heavy atom. The summed E-state index contributed by atoms with van der Waals surface area (Å²) in [4.78, 5) is 35.4. The van der Waals surface area contributed by atoms with Crippen LogP contribution in [0.5, 0.6) is 5.75 Å². The predicted octanol–water partition coefficient (Wildman–Crippen LogP) is 0.759. The van der Waals surface area contributed by atoms with Gasteiger partial charge in [0.1, 0.15) is 11.6 Å². The van der Waals surface area contributed by atoms with Crippen LogP contribution in [0.4, 0.5) is 5.82 Å². The Hall–Kier alpha value is -3.55. The predicted molar refractivity (Wildman–Crippen MR) is 98.1 cm³/mol. The summed E-state index contributed by atoms with van der Waals surface area (Å²) in [5.74, 6) is 0.295. The molecule has 0 fully saturated rings. The second-order valence-electron chi connectivity index (χ2n) is 5.74. The van der Waals surface area contributed by atoms with Crippen molar-refractivity contribution in [2.45, 2.75) is 0 Å². The Bertz CT molecular complexity index is 1080. The Morgan fingerprint density at radius 1 is 1.00 bits per heavy atom. The number of rotatable bonds is 5. The molecule has 2 aromatic carbocycles. The molecule has 2 N–H and O–H groups in total. The molecule has 0 saturated carbocycles. The molecule has 1 aromatic heterocycles. The van der Waals surface area contributed by atoms with E-state index in [-0.39, 0.29) is 12.4 Å². The second-order valence-corrected chi connectivity index (χ2v) is 5.74. The lowest BCUT2D eigenvalue weighted by molar-refractivity contribution is -0.122. The maximum absolute atomic E-state index is 11.9. The first-order chi connectivity index (χ1) is 12.5. The second kappa shape index (κ2) is 7.14. The van der Waals surface area contributed by atoms with E-state index >= 15 is 0 Å². The van der Waals surface area contributed by atoms with Crippen molar-refractivity contribution in [2.24, 2.45) is 14.1 Å². The van der Waals surface area contributed by atoms with Crippen molar-refractivity contribution in [2.75, 3.05) is 12.0 Å². The number of hydrogen-bond acceptors (Lipinski definition) is 5. The number of hydrogen-bond donors (Lipinski definition) is 2. The highest BCUT2D eigenvalue weighted by atomic mass is 16.5. The van der Waals surface area contributed by atoms with Gasteiger partial charge in [-0.05, 0) is 22.9 Å². The molecule has 0 unspecified atom stereocenters. The highest BCUT2D eigenvalue weighted by molar-refractivity contribution is 5.84. The molecule has 8 heteroatoms. The number of ether oxygens (including phenoxy) is 1. The average molecular weight is 354 g/mol. The minimum Gasteiger partial charge on any atom is -0.484 e. The van der Waals surface area contributed by atoms with Crippen LogP contribution in [0.3, 0.4) is 0 Å². The molecule has 3 rings (SSSR count). The Balaban J connectivity index is 1.61. The first kappa shape index (κ1) is 17.3. The fourth-order valence-corrected chi connectivity index (χ4v) is 2.43. The molecule has 0 radical (unpaired) electrons. The molecule has 0 aliphatic heterocycles. The van der Waals surface area contributed by atoms with Gasteiger partial charge in [-0.15, -0.1) is 0 Å². The smallest absolute Gasteiger partial charge is 0.332 e. The molecule has 1 amide bonds. The van der Waals surface area contributed by atoms with E-state index in [1.165, 1.54) is 24.7 Å². The van der Waals surface area contributed by atoms with Crippen molar-refractivity contribution < 1.29 is 9.53 Å². The van der Waals surface area contributed by atoms with Gasteiger partial charge in [0.2, 0.25) is 0 Å². The molecule has 0 bridgehead atoms. The molecule has 0 atom stereocenters. The number of nitrogens with zero attached hydrogens (tertiary/aromatic N) is 2. The first-order valence-corrected chi connectivity index (χ1v) is 7.89. The van der Waals surface area contributed by atoms with E-state index in [0.29, 0.717) is 5.75 Å². The van der Waals surface area contributed by atoms with Crippen LogP contribution in [0, 0.1) is 0 Å². The van der Waals surface area contributed by atoms with Crippen LogP contribution in [0.25, 0.3) is 10.8 Å². The van der Waals surface area contributed by atoms with Gasteiger partial charge in [-0.2, -0.15) is 0 Å². The summed E-state index contributed by atoms with van der Waals surface area (Å²) in [5.41, 5.74) is 3.98. The van der Waals surface area contributed by atoms with Gasteiger partial charge in [-0.3, -0.25) is 29.6 Å². The Labute approximate surface area is 148 Å². The highest BCUT2D eigenvalue weighted by Gasteiger charge is 2.08. The lowest BCUT2D eigenvalue weighted by atomic mass is 10.1. The van der Waals surface area contributed by atoms with E-state index in [9.17, 15) is 14.4 Å². The molecular formula is C18H18N4O4. The zero-order valence-electron chi connectivity index (χ0n) is 14.4. The number of carbonyl (C=O) groups excluding carboxylic acids is 1. The topological polar surface area (TPSA) is 94.4 Å². The van der Waals surface area contributed by atoms with E-state index in [2.05, 4.69) is 10.9 Å². The number of fused-ring (bicyclic) bond motifs is 1. The van der Waals surface area contributed by atoms with Crippen LogP contribution in [0.1, 0.15) is 0 Å². The van der Waals surface area contributed by atoms with Crippen LogP contribution in [-0.2, 0) is 18.9 Å². The van der Waals surface area contributed by atoms with E-state index in [4.69, 9.17) is 4.74 Å². The van der Waals surface area contributed by atoms with Gasteiger partial charge in [0.25, 0.3) is 11.5 Å². The summed E-state index contributed by atoms with van der Waals surface area (Å²) < 4.78 is 7.66. The van der Waals surface area contributed by atoms with Crippen molar-refractivity contribution in [3.8, 4) is 5.75 Å². The number of hydrazine groups is 1. The summed E-state index contributed by atoms with van der Waals surface area (Å²) in [6.45, 7) is -0.218. The minimum atomic E-state index is -0.498. The molecule has 0 aliphatic carbocycles. The summed E-state index contributed by atoms with van der Waals surface area (Å²) in [6, 6.07) is 14.6. The van der Waals surface area contributed by atoms with E-state index in [0.717, 1.165) is 15.3 Å². The molecule has 1 heterocycles. The normalized spacial score (nSPS) is 10.5. The lowest BCUT2D eigenvalue weighted by Gasteiger charge is -2.13. The Kier molecular flexibility index (Phi) is 4.74. The zero-order chi connectivity index (χ0) is 18.7. The van der Waals surface area contributed by atoms with Gasteiger partial charge in [0.15, 0.2) is 6.61 Å². The average Bonchev–Trinajstić information content (AvgIpc) is 2.66. The van der Waals surface area contributed by atoms with E-state index in [1.54, 1.807) is 6.07 Å². The summed E-state index contributed by atoms with van der Waals surface area (Å²) in [5, 5.41) is 2.09. The number of aromatic nitrogens is 2. The SMILES string of the molecule is Cn1c(NNC(=O)COc2ccc3ccccc3c2)cc(=O)n(C)c1=O. The van der Waals surface area contributed by atoms with Crippen LogP contribution >= 0.6 is 0 Å². The fourth-order valence-electron chi connectivity index (χ4n) is 2.43. The van der Waals surface area contributed by atoms with Crippen LogP contribution < -0.4 is 26.8 Å². The third-order valence-electron chi connectivity index (χ3n) is 3.95. The van der Waals surface area contributed by atoms with Crippen molar-refractivity contribution in [1.29, 1.82) is 0 Å². The molecule has 134 valence electrons. The van der Waals surface area contributed by atoms with Gasteiger partial charge >= 0.3 is 5.69 Å². The number of carbonyl (C=O) groups is 1. The largest absolute Gasteiger partial charge is 0.484 e. The van der Waals surface area contributed by atoms with E-state index < -0.39 is 17.2 Å². The number of benzene rings is 2. The summed E-state index contributed by atoms with van der Waals surface area (Å²) in [6.07, 6.45) is 0. The maximum atomic E-state index is 11.9. The fraction of sp³-hybridized carbons (Fsp3) is 0.167. The monoisotopic (exact) mass is 354 g/mol. The molecule has 26 heavy (non-hydrogen) atoms. The quantitative estimate of drug-likeness (QED) is 0.660. The third-order valence-corrected chi connectivity index (χ3v) is 3.95. The van der Waals surface area contributed by atoms with Crippen LogP contribution in [-0.4, -0.2) is 21.6 Å². The van der Waals surface area contributed by atoms with E-state index in [1.807, 2.05) is 36.4 Å². The van der Waals surface area contributed by atoms with Gasteiger partial charge < -0.3 is 4.74 Å². The molecule has 0 spiro atoms. The lowest BCUT2D eigenvalue weighted by Crippen LogP contribution is -2.41. The third kappa shape index (κ3) is 3.59. The first-order valence-electron chi connectivity index (χ1n) is 7.89. The highest BCUT2D eigenvalue weighted by Crippen LogP contribution is 2.20. The molecule has 8 nitrogen and oxygen atoms in total. The van der Waals surface area contributed by atoms with Crippen molar-refractivity contribution in [1.82, 2.24) is 14.6 Å². The van der Waals surface area contributed by atoms with Crippen LogP contribution in [0.15, 0.2) is 58.1 Å². The Morgan fingerprint density at radius 3 is 2.50 bits per heavy atom. The molecular weight excluding hydrogens is 336 g/mol. The molecule has 3 aromatic rings. The van der Waals surface area contributed by atoms with Gasteiger partial charge in [-0.25, -0.2) is 4.79 Å². The summed E-state index contributed by atoms with van der Waals surface area (Å²) >= 11 is 0. The standard InChI is InChI=1S/C18H18N4O4/c1-21-15(10-17(24)22(2)18(21)25)19-20-16(23)11-26-14-8-7-12-5-3-4-6-13(12)9-14/h3-10,19H,11H2,1-2H3,(H,20,23). The number of anilines is 1. The van der Waals surface area contributed by atoms with Gasteiger partial charge in [0, 0.05) is 20.2 Å². The van der Waals surface area contributed by atoms with Crippen molar-refractivity contribution in [3.05, 3.63) is 69.4 Å². The zero-order valence-corrected chi connectivity index (χ0v) is 14.4. The van der Waals surface area contributed by atoms with Gasteiger partial charge in [-0.1, -0.05) is 30.3 Å². The van der Waals surface area contributed by atoms with Gasteiger partial charge in [0.05, 0.1) is 0 Å².